The molecule has 0 spiro atoms. The van der Waals surface area contributed by atoms with Crippen molar-refractivity contribution in [1.82, 2.24) is 15.3 Å². The lowest BCUT2D eigenvalue weighted by Gasteiger charge is -2.35. The van der Waals surface area contributed by atoms with Gasteiger partial charge in [-0.3, -0.25) is 0 Å². The summed E-state index contributed by atoms with van der Waals surface area (Å²) in [4.78, 5) is 9.58. The number of rotatable bonds is 3. The van der Waals surface area contributed by atoms with Crippen molar-refractivity contribution in [2.45, 2.75) is 63.0 Å². The first-order valence-electron chi connectivity index (χ1n) is 7.88. The van der Waals surface area contributed by atoms with Gasteiger partial charge in [-0.15, -0.1) is 0 Å². The molecule has 2 aliphatic rings. The molecule has 1 atom stereocenters. The monoisotopic (exact) mass is 275 g/mol. The summed E-state index contributed by atoms with van der Waals surface area (Å²) in [6, 6.07) is 0.414. The smallest absolute Gasteiger partial charge is 0.160 e. The predicted octanol–water partition coefficient (Wildman–Crippen LogP) is 2.88. The number of hydrogen-bond acceptors (Lipinski definition) is 4. The second-order valence-electron chi connectivity index (χ2n) is 6.09. The first-order chi connectivity index (χ1) is 9.79. The summed E-state index contributed by atoms with van der Waals surface area (Å²) in [6.45, 7) is 0. The number of aryl methyl sites for hydroxylation is 1. The summed E-state index contributed by atoms with van der Waals surface area (Å²) in [5.41, 5.74) is 2.27. The summed E-state index contributed by atoms with van der Waals surface area (Å²) in [5.74, 6) is 0.912. The highest BCUT2D eigenvalue weighted by Crippen LogP contribution is 2.39. The Kier molecular flexibility index (Phi) is 4.03. The molecule has 0 amide bonds. The van der Waals surface area contributed by atoms with Gasteiger partial charge in [0, 0.05) is 30.6 Å². The van der Waals surface area contributed by atoms with Crippen LogP contribution in [0.2, 0.25) is 0 Å². The second-order valence-corrected chi connectivity index (χ2v) is 6.09. The molecule has 110 valence electrons. The van der Waals surface area contributed by atoms with Crippen LogP contribution in [0.5, 0.6) is 0 Å². The molecule has 0 aliphatic heterocycles. The van der Waals surface area contributed by atoms with E-state index in [9.17, 15) is 0 Å². The van der Waals surface area contributed by atoms with Crippen molar-refractivity contribution in [3.8, 4) is 0 Å². The first kappa shape index (κ1) is 14.0. The number of fused-ring (bicyclic) bond motifs is 1. The van der Waals surface area contributed by atoms with Crippen molar-refractivity contribution >= 4 is 0 Å². The van der Waals surface area contributed by atoms with Gasteiger partial charge in [-0.05, 0) is 39.2 Å². The molecule has 3 rings (SSSR count). The van der Waals surface area contributed by atoms with Gasteiger partial charge in [0.25, 0.3) is 0 Å². The maximum atomic E-state index is 5.87. The third kappa shape index (κ3) is 2.35. The zero-order chi connectivity index (χ0) is 14.0. The van der Waals surface area contributed by atoms with E-state index < -0.39 is 0 Å². The lowest BCUT2D eigenvalue weighted by molar-refractivity contribution is -0.0517. The van der Waals surface area contributed by atoms with Crippen molar-refractivity contribution in [3.63, 3.8) is 0 Å². The van der Waals surface area contributed by atoms with Crippen LogP contribution < -0.4 is 5.32 Å². The van der Waals surface area contributed by atoms with Gasteiger partial charge in [-0.2, -0.15) is 0 Å². The number of ether oxygens (including phenoxy) is 1. The van der Waals surface area contributed by atoms with Gasteiger partial charge in [0.1, 0.15) is 5.60 Å². The minimum atomic E-state index is -0.236. The van der Waals surface area contributed by atoms with Crippen LogP contribution in [-0.2, 0) is 16.8 Å². The summed E-state index contributed by atoms with van der Waals surface area (Å²) < 4.78 is 5.87. The molecule has 0 saturated heterocycles. The van der Waals surface area contributed by atoms with Crippen LogP contribution in [0.3, 0.4) is 0 Å². The number of aromatic nitrogens is 2. The summed E-state index contributed by atoms with van der Waals surface area (Å²) in [7, 11) is 3.83. The molecule has 0 bridgehead atoms. The van der Waals surface area contributed by atoms with E-state index in [0.29, 0.717) is 6.04 Å². The Morgan fingerprint density at radius 2 is 2.05 bits per heavy atom. The second kappa shape index (κ2) is 5.78. The Bertz CT molecular complexity index is 469. The largest absolute Gasteiger partial charge is 0.370 e. The maximum absolute atomic E-state index is 5.87. The lowest BCUT2D eigenvalue weighted by atomic mass is 9.83. The van der Waals surface area contributed by atoms with Gasteiger partial charge in [0.2, 0.25) is 0 Å². The molecule has 20 heavy (non-hydrogen) atoms. The molecular weight excluding hydrogens is 250 g/mol. The van der Waals surface area contributed by atoms with Crippen molar-refractivity contribution < 1.29 is 4.74 Å². The molecular formula is C16H25N3O. The zero-order valence-corrected chi connectivity index (χ0v) is 12.6. The van der Waals surface area contributed by atoms with Gasteiger partial charge in [-0.25, -0.2) is 9.97 Å². The van der Waals surface area contributed by atoms with E-state index >= 15 is 0 Å². The van der Waals surface area contributed by atoms with Crippen LogP contribution in [0.4, 0.5) is 0 Å². The van der Waals surface area contributed by atoms with E-state index in [4.69, 9.17) is 9.72 Å². The maximum Gasteiger partial charge on any atom is 0.160 e. The number of methoxy groups -OCH3 is 1. The molecule has 0 aromatic carbocycles. The van der Waals surface area contributed by atoms with E-state index in [0.717, 1.165) is 25.1 Å². The van der Waals surface area contributed by atoms with Crippen molar-refractivity contribution in [2.75, 3.05) is 14.2 Å². The molecule has 4 nitrogen and oxygen atoms in total. The van der Waals surface area contributed by atoms with E-state index in [2.05, 4.69) is 10.3 Å². The average Bonchev–Trinajstić information content (AvgIpc) is 2.54. The molecule has 1 N–H and O–H groups in total. The highest BCUT2D eigenvalue weighted by molar-refractivity contribution is 5.26. The highest BCUT2D eigenvalue weighted by Gasteiger charge is 2.37. The Morgan fingerprint density at radius 1 is 1.25 bits per heavy atom. The molecule has 2 aliphatic carbocycles. The Labute approximate surface area is 121 Å². The number of nitrogens with zero attached hydrogens (tertiary/aromatic N) is 2. The normalized spacial score (nSPS) is 25.2. The molecule has 1 fully saturated rings. The van der Waals surface area contributed by atoms with Gasteiger partial charge < -0.3 is 10.1 Å². The van der Waals surface area contributed by atoms with Gasteiger partial charge in [-0.1, -0.05) is 19.3 Å². The average molecular weight is 275 g/mol. The molecule has 0 radical (unpaired) electrons. The molecule has 1 aromatic rings. The van der Waals surface area contributed by atoms with E-state index in [1.54, 1.807) is 0 Å². The molecule has 1 saturated carbocycles. The number of nitrogens with one attached hydrogen (secondary N) is 1. The summed E-state index contributed by atoms with van der Waals surface area (Å²) in [6.07, 6.45) is 11.3. The highest BCUT2D eigenvalue weighted by atomic mass is 16.5. The molecule has 1 unspecified atom stereocenters. The van der Waals surface area contributed by atoms with Gasteiger partial charge >= 0.3 is 0 Å². The van der Waals surface area contributed by atoms with E-state index in [1.165, 1.54) is 43.4 Å². The fraction of sp³-hybridized carbons (Fsp3) is 0.750. The van der Waals surface area contributed by atoms with Gasteiger partial charge in [0.15, 0.2) is 5.82 Å². The fourth-order valence-corrected chi connectivity index (χ4v) is 3.71. The zero-order valence-electron chi connectivity index (χ0n) is 12.6. The molecule has 1 aromatic heterocycles. The van der Waals surface area contributed by atoms with Gasteiger partial charge in [0.05, 0.1) is 0 Å². The molecule has 4 heteroatoms. The Balaban J connectivity index is 1.95. The van der Waals surface area contributed by atoms with E-state index in [1.807, 2.05) is 20.4 Å². The summed E-state index contributed by atoms with van der Waals surface area (Å²) in [5, 5.41) is 3.37. The summed E-state index contributed by atoms with van der Waals surface area (Å²) >= 11 is 0. The minimum Gasteiger partial charge on any atom is -0.370 e. The van der Waals surface area contributed by atoms with Crippen molar-refractivity contribution in [2.24, 2.45) is 0 Å². The van der Waals surface area contributed by atoms with Crippen LogP contribution >= 0.6 is 0 Å². The van der Waals surface area contributed by atoms with E-state index in [-0.39, 0.29) is 5.60 Å². The molecule has 1 heterocycles. The third-order valence-electron chi connectivity index (χ3n) is 4.99. The van der Waals surface area contributed by atoms with Crippen LogP contribution in [0.15, 0.2) is 6.20 Å². The lowest BCUT2D eigenvalue weighted by Crippen LogP contribution is -2.34. The first-order valence-corrected chi connectivity index (χ1v) is 7.88. The SMILES string of the molecule is CNC1CCCc2nc(C3(OC)CCCCC3)ncc21. The van der Waals surface area contributed by atoms with Crippen LogP contribution in [0, 0.1) is 0 Å². The van der Waals surface area contributed by atoms with Crippen LogP contribution in [-0.4, -0.2) is 24.1 Å². The van der Waals surface area contributed by atoms with Crippen LogP contribution in [0.25, 0.3) is 0 Å². The predicted molar refractivity (Wildman–Crippen MR) is 78.5 cm³/mol. The third-order valence-corrected chi connectivity index (χ3v) is 4.99. The minimum absolute atomic E-state index is 0.236. The van der Waals surface area contributed by atoms with Crippen molar-refractivity contribution in [1.29, 1.82) is 0 Å². The Hall–Kier alpha value is -1.00. The standard InChI is InChI=1S/C16H25N3O/c1-17-13-7-6-8-14-12(13)11-18-15(19-14)16(20-2)9-4-3-5-10-16/h11,13,17H,3-10H2,1-2H3. The van der Waals surface area contributed by atoms with Crippen molar-refractivity contribution in [3.05, 3.63) is 23.3 Å². The Morgan fingerprint density at radius 3 is 2.75 bits per heavy atom. The fourth-order valence-electron chi connectivity index (χ4n) is 3.71. The topological polar surface area (TPSA) is 47.0 Å². The quantitative estimate of drug-likeness (QED) is 0.921. The number of hydrogen-bond donors (Lipinski definition) is 1. The van der Waals surface area contributed by atoms with Crippen LogP contribution in [0.1, 0.15) is 68.1 Å².